The molecular formula is C19H24N2O4. The molecule has 4 rings (SSSR count). The minimum absolute atomic E-state index is 0.0654. The zero-order chi connectivity index (χ0) is 17.4. The van der Waals surface area contributed by atoms with E-state index in [1.165, 1.54) is 0 Å². The van der Waals surface area contributed by atoms with Gasteiger partial charge in [0.25, 0.3) is 5.91 Å². The Hall–Kier alpha value is -2.05. The van der Waals surface area contributed by atoms with E-state index in [4.69, 9.17) is 13.6 Å². The fraction of sp³-hybridized carbons (Fsp3) is 0.526. The first-order valence-corrected chi connectivity index (χ1v) is 8.80. The third kappa shape index (κ3) is 3.00. The molecule has 3 atom stereocenters. The minimum Gasteiger partial charge on any atom is -0.469 e. The van der Waals surface area contributed by atoms with Crippen LogP contribution in [0.15, 0.2) is 39.6 Å². The molecule has 0 spiro atoms. The second-order valence-corrected chi connectivity index (χ2v) is 6.96. The lowest BCUT2D eigenvalue weighted by atomic mass is 9.88. The third-order valence-electron chi connectivity index (χ3n) is 5.55. The largest absolute Gasteiger partial charge is 0.469 e. The Morgan fingerprint density at radius 2 is 2.16 bits per heavy atom. The molecule has 2 aliphatic rings. The van der Waals surface area contributed by atoms with E-state index in [0.717, 1.165) is 38.4 Å². The molecule has 4 heterocycles. The Morgan fingerprint density at radius 3 is 2.84 bits per heavy atom. The molecule has 0 saturated carbocycles. The van der Waals surface area contributed by atoms with Gasteiger partial charge in [-0.05, 0) is 31.5 Å². The Labute approximate surface area is 147 Å². The molecule has 6 nitrogen and oxygen atoms in total. The summed E-state index contributed by atoms with van der Waals surface area (Å²) in [6.45, 7) is 5.08. The molecule has 0 aliphatic carbocycles. The van der Waals surface area contributed by atoms with Crippen LogP contribution in [0.5, 0.6) is 0 Å². The number of amides is 1. The molecule has 0 N–H and O–H groups in total. The van der Waals surface area contributed by atoms with E-state index < -0.39 is 0 Å². The summed E-state index contributed by atoms with van der Waals surface area (Å²) < 4.78 is 16.5. The van der Waals surface area contributed by atoms with Gasteiger partial charge in [0.15, 0.2) is 0 Å². The van der Waals surface area contributed by atoms with Crippen molar-refractivity contribution in [3.8, 4) is 0 Å². The fourth-order valence-corrected chi connectivity index (χ4v) is 4.29. The highest BCUT2D eigenvalue weighted by molar-refractivity contribution is 5.95. The normalized spacial score (nSPS) is 26.8. The van der Waals surface area contributed by atoms with Gasteiger partial charge in [-0.2, -0.15) is 0 Å². The van der Waals surface area contributed by atoms with Gasteiger partial charge in [-0.25, -0.2) is 0 Å². The van der Waals surface area contributed by atoms with Crippen LogP contribution in [0.25, 0.3) is 0 Å². The summed E-state index contributed by atoms with van der Waals surface area (Å²) in [6, 6.07) is 5.84. The highest BCUT2D eigenvalue weighted by Crippen LogP contribution is 2.34. The van der Waals surface area contributed by atoms with Crippen LogP contribution in [0.3, 0.4) is 0 Å². The van der Waals surface area contributed by atoms with Crippen LogP contribution in [0, 0.1) is 12.8 Å². The summed E-state index contributed by atoms with van der Waals surface area (Å²) >= 11 is 0. The second kappa shape index (κ2) is 6.69. The van der Waals surface area contributed by atoms with Crippen LogP contribution in [0.2, 0.25) is 0 Å². The minimum atomic E-state index is 0.0654. The van der Waals surface area contributed by atoms with Crippen LogP contribution >= 0.6 is 0 Å². The summed E-state index contributed by atoms with van der Waals surface area (Å²) in [6.07, 6.45) is 4.35. The van der Waals surface area contributed by atoms with Crippen molar-refractivity contribution in [2.75, 3.05) is 26.7 Å². The zero-order valence-corrected chi connectivity index (χ0v) is 14.7. The molecule has 2 aromatic heterocycles. The van der Waals surface area contributed by atoms with Gasteiger partial charge < -0.3 is 18.5 Å². The molecule has 0 radical (unpaired) electrons. The molecule has 2 aromatic rings. The number of nitrogens with zero attached hydrogens (tertiary/aromatic N) is 2. The molecular weight excluding hydrogens is 320 g/mol. The van der Waals surface area contributed by atoms with E-state index in [2.05, 4.69) is 4.90 Å². The summed E-state index contributed by atoms with van der Waals surface area (Å²) in [7, 11) is 1.77. The lowest BCUT2D eigenvalue weighted by Gasteiger charge is -2.41. The monoisotopic (exact) mass is 344 g/mol. The van der Waals surface area contributed by atoms with Gasteiger partial charge >= 0.3 is 0 Å². The van der Waals surface area contributed by atoms with Crippen molar-refractivity contribution in [2.45, 2.75) is 32.0 Å². The molecule has 1 amide bonds. The lowest BCUT2D eigenvalue weighted by Crippen LogP contribution is -2.53. The molecule has 2 fully saturated rings. The van der Waals surface area contributed by atoms with E-state index in [9.17, 15) is 4.79 Å². The van der Waals surface area contributed by atoms with Crippen molar-refractivity contribution < 1.29 is 18.4 Å². The average Bonchev–Trinajstić information content (AvgIpc) is 3.34. The van der Waals surface area contributed by atoms with Crippen LogP contribution in [-0.4, -0.2) is 54.6 Å². The number of hydrogen-bond acceptors (Lipinski definition) is 5. The van der Waals surface area contributed by atoms with Crippen molar-refractivity contribution in [3.05, 3.63) is 47.8 Å². The summed E-state index contributed by atoms with van der Waals surface area (Å²) in [5.41, 5.74) is 0.666. The molecule has 2 saturated heterocycles. The van der Waals surface area contributed by atoms with Gasteiger partial charge in [0.2, 0.25) is 0 Å². The first-order valence-electron chi connectivity index (χ1n) is 8.80. The van der Waals surface area contributed by atoms with E-state index >= 15 is 0 Å². The third-order valence-corrected chi connectivity index (χ3v) is 5.55. The molecule has 6 heteroatoms. The van der Waals surface area contributed by atoms with Crippen molar-refractivity contribution in [2.24, 2.45) is 5.92 Å². The molecule has 0 aromatic carbocycles. The number of furan rings is 2. The van der Waals surface area contributed by atoms with E-state index in [-0.39, 0.29) is 18.1 Å². The van der Waals surface area contributed by atoms with Crippen molar-refractivity contribution in [1.29, 1.82) is 0 Å². The number of carbonyl (C=O) groups excluding carboxylic acids is 1. The predicted molar refractivity (Wildman–Crippen MR) is 91.2 cm³/mol. The van der Waals surface area contributed by atoms with E-state index in [1.54, 1.807) is 25.7 Å². The number of fused-ring (bicyclic) bond motifs is 1. The highest BCUT2D eigenvalue weighted by Gasteiger charge is 2.46. The first kappa shape index (κ1) is 16.4. The first-order chi connectivity index (χ1) is 12.2. The maximum Gasteiger partial charge on any atom is 0.257 e. The number of ether oxygens (including phenoxy) is 1. The van der Waals surface area contributed by atoms with Crippen molar-refractivity contribution in [1.82, 2.24) is 9.80 Å². The SMILES string of the molecule is CO[C@H]1CCN(C(=O)c2ccoc2C)[C@@H]2CN(Cc3ccco3)C[C@H]12. The maximum atomic E-state index is 13.0. The Balaban J connectivity index is 1.54. The standard InChI is InChI=1S/C19H24N2O4/c1-13-15(6-9-24-13)19(22)21-7-5-18(23-2)16-11-20(12-17(16)21)10-14-4-3-8-25-14/h3-4,6,8-9,16-18H,5,7,10-12H2,1-2H3/t16-,17+,18-/m0/s1. The van der Waals surface area contributed by atoms with Crippen LogP contribution in [0.1, 0.15) is 28.3 Å². The highest BCUT2D eigenvalue weighted by atomic mass is 16.5. The topological polar surface area (TPSA) is 59.1 Å². The van der Waals surface area contributed by atoms with Gasteiger partial charge in [-0.15, -0.1) is 0 Å². The van der Waals surface area contributed by atoms with Gasteiger partial charge in [0.1, 0.15) is 11.5 Å². The van der Waals surface area contributed by atoms with Gasteiger partial charge in [-0.1, -0.05) is 0 Å². The number of aryl methyl sites for hydroxylation is 1. The van der Waals surface area contributed by atoms with Crippen LogP contribution in [-0.2, 0) is 11.3 Å². The van der Waals surface area contributed by atoms with Gasteiger partial charge in [0.05, 0.1) is 36.8 Å². The van der Waals surface area contributed by atoms with E-state index in [1.807, 2.05) is 24.0 Å². The van der Waals surface area contributed by atoms with Gasteiger partial charge in [-0.3, -0.25) is 9.69 Å². The number of rotatable bonds is 4. The molecule has 0 bridgehead atoms. The maximum absolute atomic E-state index is 13.0. The molecule has 25 heavy (non-hydrogen) atoms. The second-order valence-electron chi connectivity index (χ2n) is 6.96. The smallest absolute Gasteiger partial charge is 0.257 e. The van der Waals surface area contributed by atoms with Crippen LogP contribution < -0.4 is 0 Å². The van der Waals surface area contributed by atoms with Crippen molar-refractivity contribution in [3.63, 3.8) is 0 Å². The lowest BCUT2D eigenvalue weighted by molar-refractivity contribution is -0.0157. The number of hydrogen-bond donors (Lipinski definition) is 0. The number of piperidine rings is 1. The van der Waals surface area contributed by atoms with Crippen molar-refractivity contribution >= 4 is 5.91 Å². The predicted octanol–water partition coefficient (Wildman–Crippen LogP) is 2.54. The van der Waals surface area contributed by atoms with Gasteiger partial charge in [0, 0.05) is 32.7 Å². The number of methoxy groups -OCH3 is 1. The fourth-order valence-electron chi connectivity index (χ4n) is 4.29. The summed E-state index contributed by atoms with van der Waals surface area (Å²) in [5, 5.41) is 0. The number of carbonyl (C=O) groups is 1. The average molecular weight is 344 g/mol. The Bertz CT molecular complexity index is 724. The Morgan fingerprint density at radius 1 is 1.28 bits per heavy atom. The Kier molecular flexibility index (Phi) is 4.39. The summed E-state index contributed by atoms with van der Waals surface area (Å²) in [4.78, 5) is 17.4. The number of likely N-dealkylation sites (tertiary alicyclic amines) is 2. The van der Waals surface area contributed by atoms with Crippen LogP contribution in [0.4, 0.5) is 0 Å². The quantitative estimate of drug-likeness (QED) is 0.853. The molecule has 0 unspecified atom stereocenters. The summed E-state index contributed by atoms with van der Waals surface area (Å²) in [5.74, 6) is 2.03. The molecule has 134 valence electrons. The zero-order valence-electron chi connectivity index (χ0n) is 14.7. The molecule has 2 aliphatic heterocycles. The van der Waals surface area contributed by atoms with E-state index in [0.29, 0.717) is 17.2 Å².